The summed E-state index contributed by atoms with van der Waals surface area (Å²) >= 11 is 0. The molecule has 2 nitrogen and oxygen atoms in total. The van der Waals surface area contributed by atoms with Crippen molar-refractivity contribution in [3.05, 3.63) is 0 Å². The summed E-state index contributed by atoms with van der Waals surface area (Å²) in [7, 11) is 0. The van der Waals surface area contributed by atoms with Crippen LogP contribution in [-0.2, 0) is 4.84 Å². The zero-order chi connectivity index (χ0) is 5.82. The molecule has 1 saturated heterocycles. The normalized spacial score (nSPS) is 28.9. The van der Waals surface area contributed by atoms with Crippen LogP contribution in [0.3, 0.4) is 0 Å². The van der Waals surface area contributed by atoms with Crippen molar-refractivity contribution in [3.63, 3.8) is 0 Å². The summed E-state index contributed by atoms with van der Waals surface area (Å²) in [4.78, 5) is 4.83. The molecule has 2 heteroatoms. The van der Waals surface area contributed by atoms with E-state index in [9.17, 15) is 0 Å². The van der Waals surface area contributed by atoms with Gasteiger partial charge in [-0.15, -0.1) is 0 Å². The lowest BCUT2D eigenvalue weighted by Gasteiger charge is -2.00. The van der Waals surface area contributed by atoms with Gasteiger partial charge in [-0.3, -0.25) is 4.84 Å². The number of nitrogens with zero attached hydrogens (tertiary/aromatic N) is 1. The molecule has 1 unspecified atom stereocenters. The van der Waals surface area contributed by atoms with E-state index in [2.05, 4.69) is 12.4 Å². The molecule has 0 saturated carbocycles. The van der Waals surface area contributed by atoms with Crippen LogP contribution in [0.5, 0.6) is 0 Å². The highest BCUT2D eigenvalue weighted by Crippen LogP contribution is 2.08. The molecule has 0 aromatic heterocycles. The largest absolute Gasteiger partial charge is 0.282 e. The molecule has 8 heavy (non-hydrogen) atoms. The molecule has 0 N–H and O–H groups in total. The lowest BCUT2D eigenvalue weighted by atomic mass is 10.1. The SMILES string of the molecule is CCCC1CCO[N]1. The van der Waals surface area contributed by atoms with E-state index in [4.69, 9.17) is 4.84 Å². The average Bonchev–Trinajstić information content (AvgIpc) is 2.19. The molecule has 0 aliphatic carbocycles. The summed E-state index contributed by atoms with van der Waals surface area (Å²) in [5, 5.41) is 0. The third-order valence-electron chi connectivity index (χ3n) is 1.39. The zero-order valence-electron chi connectivity index (χ0n) is 5.26. The quantitative estimate of drug-likeness (QED) is 0.527. The fourth-order valence-electron chi connectivity index (χ4n) is 0.930. The Bertz CT molecular complexity index is 59.5. The van der Waals surface area contributed by atoms with Crippen LogP contribution >= 0.6 is 0 Å². The first kappa shape index (κ1) is 6.05. The predicted molar refractivity (Wildman–Crippen MR) is 31.4 cm³/mol. The van der Waals surface area contributed by atoms with Gasteiger partial charge in [0, 0.05) is 0 Å². The third kappa shape index (κ3) is 1.46. The molecule has 1 aliphatic heterocycles. The second-order valence-corrected chi connectivity index (χ2v) is 2.17. The van der Waals surface area contributed by atoms with E-state index in [1.807, 2.05) is 0 Å². The fraction of sp³-hybridized carbons (Fsp3) is 1.00. The number of rotatable bonds is 2. The van der Waals surface area contributed by atoms with Crippen molar-refractivity contribution in [2.24, 2.45) is 0 Å². The Balaban J connectivity index is 2.06. The van der Waals surface area contributed by atoms with E-state index in [0.29, 0.717) is 6.04 Å². The maximum Gasteiger partial charge on any atom is 0.0719 e. The summed E-state index contributed by atoms with van der Waals surface area (Å²) in [6.45, 7) is 3.01. The van der Waals surface area contributed by atoms with Gasteiger partial charge in [-0.25, -0.2) is 0 Å². The van der Waals surface area contributed by atoms with Gasteiger partial charge in [-0.1, -0.05) is 18.8 Å². The van der Waals surface area contributed by atoms with Crippen molar-refractivity contribution in [3.8, 4) is 0 Å². The van der Waals surface area contributed by atoms with Gasteiger partial charge in [0.15, 0.2) is 0 Å². The van der Waals surface area contributed by atoms with Crippen LogP contribution in [0.2, 0.25) is 0 Å². The highest BCUT2D eigenvalue weighted by atomic mass is 16.7. The average molecular weight is 114 g/mol. The van der Waals surface area contributed by atoms with Crippen molar-refractivity contribution < 1.29 is 4.84 Å². The molecule has 47 valence electrons. The molecular weight excluding hydrogens is 102 g/mol. The maximum atomic E-state index is 4.83. The fourth-order valence-corrected chi connectivity index (χ4v) is 0.930. The van der Waals surface area contributed by atoms with Crippen molar-refractivity contribution >= 4 is 0 Å². The van der Waals surface area contributed by atoms with E-state index >= 15 is 0 Å². The van der Waals surface area contributed by atoms with E-state index in [1.165, 1.54) is 12.8 Å². The topological polar surface area (TPSA) is 23.3 Å². The van der Waals surface area contributed by atoms with Gasteiger partial charge < -0.3 is 0 Å². The number of hydroxylamine groups is 1. The lowest BCUT2D eigenvalue weighted by Crippen LogP contribution is -2.11. The van der Waals surface area contributed by atoms with Crippen LogP contribution < -0.4 is 5.48 Å². The minimum Gasteiger partial charge on any atom is -0.282 e. The highest BCUT2D eigenvalue weighted by Gasteiger charge is 2.14. The second kappa shape index (κ2) is 3.05. The molecule has 1 atom stereocenters. The Labute approximate surface area is 50.2 Å². The highest BCUT2D eigenvalue weighted by molar-refractivity contribution is 4.64. The van der Waals surface area contributed by atoms with Crippen molar-refractivity contribution in [1.82, 2.24) is 5.48 Å². The van der Waals surface area contributed by atoms with Gasteiger partial charge in [0.1, 0.15) is 0 Å². The first-order valence-corrected chi connectivity index (χ1v) is 3.25. The molecule has 1 radical (unpaired) electrons. The Morgan fingerprint density at radius 2 is 2.62 bits per heavy atom. The summed E-state index contributed by atoms with van der Waals surface area (Å²) in [6.07, 6.45) is 3.55. The summed E-state index contributed by atoms with van der Waals surface area (Å²) < 4.78 is 0. The van der Waals surface area contributed by atoms with Crippen LogP contribution in [-0.4, -0.2) is 12.6 Å². The van der Waals surface area contributed by atoms with Gasteiger partial charge >= 0.3 is 0 Å². The molecule has 0 spiro atoms. The second-order valence-electron chi connectivity index (χ2n) is 2.17. The summed E-state index contributed by atoms with van der Waals surface area (Å²) in [5.41, 5.74) is 3.93. The summed E-state index contributed by atoms with van der Waals surface area (Å²) in [6, 6.07) is 0.514. The van der Waals surface area contributed by atoms with Crippen molar-refractivity contribution in [2.45, 2.75) is 32.2 Å². The van der Waals surface area contributed by atoms with Gasteiger partial charge in [0.2, 0.25) is 0 Å². The number of hydrogen-bond acceptors (Lipinski definition) is 1. The van der Waals surface area contributed by atoms with E-state index in [-0.39, 0.29) is 0 Å². The first-order chi connectivity index (χ1) is 3.93. The molecule has 1 heterocycles. The molecule has 1 fully saturated rings. The molecule has 1 rings (SSSR count). The van der Waals surface area contributed by atoms with Crippen LogP contribution in [0.1, 0.15) is 26.2 Å². The minimum absolute atomic E-state index is 0.514. The molecule has 0 aromatic rings. The molecule has 0 aromatic carbocycles. The van der Waals surface area contributed by atoms with Crippen molar-refractivity contribution in [2.75, 3.05) is 6.61 Å². The maximum absolute atomic E-state index is 4.83. The van der Waals surface area contributed by atoms with Gasteiger partial charge in [0.05, 0.1) is 12.6 Å². The molecular formula is C6H12NO. The van der Waals surface area contributed by atoms with Crippen LogP contribution in [0.15, 0.2) is 0 Å². The smallest absolute Gasteiger partial charge is 0.0719 e. The Morgan fingerprint density at radius 3 is 3.12 bits per heavy atom. The van der Waals surface area contributed by atoms with E-state index in [1.54, 1.807) is 0 Å². The van der Waals surface area contributed by atoms with Crippen LogP contribution in [0.25, 0.3) is 0 Å². The van der Waals surface area contributed by atoms with Crippen molar-refractivity contribution in [1.29, 1.82) is 0 Å². The standard InChI is InChI=1S/C6H12NO/c1-2-3-6-4-5-8-7-6/h6H,2-5H2,1H3. The Hall–Kier alpha value is -0.0800. The van der Waals surface area contributed by atoms with E-state index in [0.717, 1.165) is 13.0 Å². The zero-order valence-corrected chi connectivity index (χ0v) is 5.26. The third-order valence-corrected chi connectivity index (χ3v) is 1.39. The van der Waals surface area contributed by atoms with Gasteiger partial charge in [0.25, 0.3) is 0 Å². The molecule has 0 amide bonds. The minimum atomic E-state index is 0.514. The predicted octanol–water partition coefficient (Wildman–Crippen LogP) is 1.09. The van der Waals surface area contributed by atoms with Crippen LogP contribution in [0, 0.1) is 0 Å². The Morgan fingerprint density at radius 1 is 1.75 bits per heavy atom. The van der Waals surface area contributed by atoms with E-state index < -0.39 is 0 Å². The monoisotopic (exact) mass is 114 g/mol. The number of hydrogen-bond donors (Lipinski definition) is 0. The first-order valence-electron chi connectivity index (χ1n) is 3.25. The lowest BCUT2D eigenvalue weighted by molar-refractivity contribution is 0.0779. The Kier molecular flexibility index (Phi) is 2.30. The van der Waals surface area contributed by atoms with Gasteiger partial charge in [-0.2, -0.15) is 0 Å². The van der Waals surface area contributed by atoms with Crippen LogP contribution in [0.4, 0.5) is 0 Å². The summed E-state index contributed by atoms with van der Waals surface area (Å²) in [5.74, 6) is 0. The molecule has 0 bridgehead atoms. The molecule has 1 aliphatic rings. The van der Waals surface area contributed by atoms with Gasteiger partial charge in [-0.05, 0) is 12.8 Å².